The van der Waals surface area contributed by atoms with Crippen molar-refractivity contribution in [3.63, 3.8) is 0 Å². The number of carbonyl (C=O) groups is 6. The number of amides is 7. The van der Waals surface area contributed by atoms with Crippen molar-refractivity contribution >= 4 is 93.9 Å². The van der Waals surface area contributed by atoms with Crippen LogP contribution in [0.2, 0.25) is 0 Å². The number of rotatable bonds is 34. The van der Waals surface area contributed by atoms with Gasteiger partial charge in [-0.15, -0.1) is 23.2 Å². The number of halogens is 2. The van der Waals surface area contributed by atoms with E-state index in [0.29, 0.717) is 71.8 Å². The van der Waals surface area contributed by atoms with Crippen LogP contribution in [0.15, 0.2) is 82.0 Å². The summed E-state index contributed by atoms with van der Waals surface area (Å²) in [6, 6.07) is 16.7. The number of aliphatic hydroxyl groups excluding tert-OH is 4. The standard InChI is InChI=1S/C56H79Cl2N9O13S/c1-33(2)47(50(74)66-43(13-10-22-62-53(59)77)49(73)64-38-17-15-35(16-18-38)31-79-54(78)65-39-19-20-41-34(3)25-46(71)80-44(41)27-39)67-45(70)14-7-6-8-21-61-52(76)56(5,58)32-55(4,51(75)63-29-40(69)30-68)28-42(57)36-11-9-12-37(26-36)48(72)60-23-24-81/h9,11-12,15-20,25-27,33,40,42-43,47,51-52,61,63,68-69,75-76,81H,6-8,10,13-14,21-24,28-32H2,1-5H3,(H,60,72)(H,64,73)(H,65,78)(H,66,74)(H,67,70)(H3,59,62,77). The van der Waals surface area contributed by atoms with Crippen molar-refractivity contribution in [3.05, 3.63) is 105 Å². The van der Waals surface area contributed by atoms with Crippen molar-refractivity contribution in [1.29, 1.82) is 0 Å². The molecule has 81 heavy (non-hydrogen) atoms. The van der Waals surface area contributed by atoms with Crippen molar-refractivity contribution in [2.75, 3.05) is 49.2 Å². The van der Waals surface area contributed by atoms with Gasteiger partial charge in [0.1, 0.15) is 36.7 Å². The highest BCUT2D eigenvalue weighted by atomic mass is 35.5. The van der Waals surface area contributed by atoms with Gasteiger partial charge in [-0.05, 0) is 118 Å². The Balaban J connectivity index is 1.27. The van der Waals surface area contributed by atoms with Gasteiger partial charge in [0.25, 0.3) is 5.91 Å². The van der Waals surface area contributed by atoms with Crippen molar-refractivity contribution in [2.24, 2.45) is 17.1 Å². The van der Waals surface area contributed by atoms with Gasteiger partial charge in [0, 0.05) is 71.7 Å². The first-order valence-electron chi connectivity index (χ1n) is 26.8. The van der Waals surface area contributed by atoms with Crippen molar-refractivity contribution < 1.29 is 58.3 Å². The van der Waals surface area contributed by atoms with Gasteiger partial charge in [-0.3, -0.25) is 35.1 Å². The average Bonchev–Trinajstić information content (AvgIpc) is 3.49. The molecular formula is C56H79Cl2N9O13S. The van der Waals surface area contributed by atoms with Crippen LogP contribution in [0.25, 0.3) is 11.0 Å². The van der Waals surface area contributed by atoms with Crippen LogP contribution in [-0.4, -0.2) is 130 Å². The zero-order valence-electron chi connectivity index (χ0n) is 46.3. The molecular weight excluding hydrogens is 1110 g/mol. The number of anilines is 2. The van der Waals surface area contributed by atoms with E-state index >= 15 is 0 Å². The number of benzene rings is 3. The van der Waals surface area contributed by atoms with Crippen LogP contribution in [0.5, 0.6) is 0 Å². The lowest BCUT2D eigenvalue weighted by molar-refractivity contribution is -0.132. The van der Waals surface area contributed by atoms with Crippen LogP contribution in [0.4, 0.5) is 21.0 Å². The molecule has 4 rings (SSSR count). The topological polar surface area (TPSA) is 345 Å². The van der Waals surface area contributed by atoms with Gasteiger partial charge in [0.2, 0.25) is 17.7 Å². The minimum absolute atomic E-state index is 0.00205. The monoisotopic (exact) mass is 1190 g/mol. The summed E-state index contributed by atoms with van der Waals surface area (Å²) < 4.78 is 10.6. The number of carbonyl (C=O) groups excluding carboxylic acids is 6. The number of aliphatic hydroxyl groups is 4. The van der Waals surface area contributed by atoms with E-state index in [-0.39, 0.29) is 63.6 Å². The van der Waals surface area contributed by atoms with Crippen LogP contribution in [0.3, 0.4) is 0 Å². The number of ether oxygens (including phenoxy) is 1. The van der Waals surface area contributed by atoms with Crippen molar-refractivity contribution in [1.82, 2.24) is 31.9 Å². The summed E-state index contributed by atoms with van der Waals surface area (Å²) in [6.07, 6.45) is -2.43. The van der Waals surface area contributed by atoms with Gasteiger partial charge < -0.3 is 61.9 Å². The highest BCUT2D eigenvalue weighted by molar-refractivity contribution is 7.80. The summed E-state index contributed by atoms with van der Waals surface area (Å²) in [6.45, 7) is 8.63. The molecule has 0 aliphatic heterocycles. The Morgan fingerprint density at radius 1 is 0.815 bits per heavy atom. The first kappa shape index (κ1) is 67.5. The third-order valence-corrected chi connectivity index (χ3v) is 14.3. The lowest BCUT2D eigenvalue weighted by atomic mass is 9.74. The molecule has 0 radical (unpaired) electrons. The summed E-state index contributed by atoms with van der Waals surface area (Å²) in [5.74, 6) is -1.77. The zero-order chi connectivity index (χ0) is 59.9. The largest absolute Gasteiger partial charge is 0.444 e. The van der Waals surface area contributed by atoms with Crippen LogP contribution in [-0.2, 0) is 25.7 Å². The Morgan fingerprint density at radius 3 is 2.21 bits per heavy atom. The van der Waals surface area contributed by atoms with Gasteiger partial charge in [0.15, 0.2) is 0 Å². The molecule has 0 fully saturated rings. The minimum atomic E-state index is -1.38. The predicted octanol–water partition coefficient (Wildman–Crippen LogP) is 5.02. The Bertz CT molecular complexity index is 2780. The summed E-state index contributed by atoms with van der Waals surface area (Å²) in [7, 11) is 0. The maximum Gasteiger partial charge on any atom is 0.411 e. The molecule has 3 aromatic carbocycles. The molecule has 22 nitrogen and oxygen atoms in total. The summed E-state index contributed by atoms with van der Waals surface area (Å²) in [5.41, 5.74) is 6.95. The van der Waals surface area contributed by atoms with Crippen LogP contribution in [0, 0.1) is 18.3 Å². The highest BCUT2D eigenvalue weighted by Gasteiger charge is 2.44. The Morgan fingerprint density at radius 2 is 1.53 bits per heavy atom. The lowest BCUT2D eigenvalue weighted by Gasteiger charge is -2.43. The molecule has 4 aromatic rings. The first-order chi connectivity index (χ1) is 38.3. The summed E-state index contributed by atoms with van der Waals surface area (Å²) in [5, 5.41) is 64.3. The smallest absolute Gasteiger partial charge is 0.411 e. The number of fused-ring (bicyclic) bond motifs is 1. The molecule has 8 unspecified atom stereocenters. The fourth-order valence-electron chi connectivity index (χ4n) is 8.89. The second-order valence-electron chi connectivity index (χ2n) is 20.8. The maximum absolute atomic E-state index is 13.8. The van der Waals surface area contributed by atoms with Crippen molar-refractivity contribution in [3.8, 4) is 0 Å². The van der Waals surface area contributed by atoms with Crippen LogP contribution < -0.4 is 53.9 Å². The second-order valence-corrected chi connectivity index (χ2v) is 22.7. The van der Waals surface area contributed by atoms with E-state index in [1.54, 1.807) is 95.3 Å². The Hall–Kier alpha value is -6.02. The number of nitrogens with two attached hydrogens (primary N) is 1. The van der Waals surface area contributed by atoms with Gasteiger partial charge in [0.05, 0.1) is 23.0 Å². The van der Waals surface area contributed by atoms with E-state index in [9.17, 15) is 54.0 Å². The molecule has 25 heteroatoms. The van der Waals surface area contributed by atoms with Crippen LogP contribution in [0.1, 0.15) is 111 Å². The molecule has 14 N–H and O–H groups in total. The third-order valence-electron chi connectivity index (χ3n) is 13.4. The third kappa shape index (κ3) is 22.7. The first-order valence-corrected chi connectivity index (χ1v) is 28.2. The van der Waals surface area contributed by atoms with E-state index in [4.69, 9.17) is 38.1 Å². The van der Waals surface area contributed by atoms with Gasteiger partial charge in [-0.25, -0.2) is 14.4 Å². The molecule has 0 aliphatic rings. The molecule has 8 atom stereocenters. The fourth-order valence-corrected chi connectivity index (χ4v) is 9.87. The maximum atomic E-state index is 13.8. The number of primary amides is 1. The Kier molecular flexibility index (Phi) is 27.6. The number of thiol groups is 1. The molecule has 0 spiro atoms. The molecule has 0 aliphatic carbocycles. The van der Waals surface area contributed by atoms with E-state index in [0.717, 1.165) is 10.9 Å². The molecule has 446 valence electrons. The molecule has 0 bridgehead atoms. The number of urea groups is 1. The number of hydrogen-bond acceptors (Lipinski definition) is 16. The van der Waals surface area contributed by atoms with E-state index < -0.39 is 88.4 Å². The SMILES string of the molecule is Cc1cc(=O)oc2cc(NC(=O)OCc3ccc(NC(=O)C(CCCNC(N)=O)NC(=O)C(NC(=O)CCCCCNC(O)C(C)(Cl)CC(C)(CC(Cl)c4cccc(C(=O)NCCS)c4)C(O)NCC(O)CO)C(C)C)cc3)ccc12. The lowest BCUT2D eigenvalue weighted by Crippen LogP contribution is -2.54. The quantitative estimate of drug-likeness (QED) is 0.00961. The minimum Gasteiger partial charge on any atom is -0.444 e. The summed E-state index contributed by atoms with van der Waals surface area (Å²) >= 11 is 18.1. The molecule has 0 saturated heterocycles. The van der Waals surface area contributed by atoms with E-state index in [1.165, 1.54) is 12.1 Å². The molecule has 0 saturated carbocycles. The fraction of sp³-hybridized carbons (Fsp3) is 0.518. The van der Waals surface area contributed by atoms with Gasteiger partial charge in [-0.2, -0.15) is 12.6 Å². The molecule has 7 amide bonds. The second kappa shape index (κ2) is 33.2. The zero-order valence-corrected chi connectivity index (χ0v) is 48.7. The highest BCUT2D eigenvalue weighted by Crippen LogP contribution is 2.44. The number of hydrogen-bond donors (Lipinski definition) is 14. The average molecular weight is 1190 g/mol. The number of unbranched alkanes of at least 4 members (excludes halogenated alkanes) is 2. The van der Waals surface area contributed by atoms with E-state index in [2.05, 4.69) is 55.2 Å². The Labute approximate surface area is 487 Å². The number of alkyl halides is 2. The molecule has 1 aromatic heterocycles. The van der Waals surface area contributed by atoms with Crippen LogP contribution >= 0.6 is 35.8 Å². The molecule has 1 heterocycles. The predicted molar refractivity (Wildman–Crippen MR) is 314 cm³/mol. The normalized spacial score (nSPS) is 15.2. The van der Waals surface area contributed by atoms with Gasteiger partial charge in [-0.1, -0.05) is 51.5 Å². The van der Waals surface area contributed by atoms with E-state index in [1.807, 2.05) is 0 Å². The van der Waals surface area contributed by atoms with Crippen molar-refractivity contribution in [2.45, 2.75) is 133 Å². The summed E-state index contributed by atoms with van der Waals surface area (Å²) in [4.78, 5) is 87.8. The number of nitrogens with one attached hydrogen (secondary N) is 8. The van der Waals surface area contributed by atoms with Gasteiger partial charge >= 0.3 is 17.7 Å². The number of aryl methyl sites for hydroxylation is 1.